The molecule has 9 heteroatoms. The maximum Gasteiger partial charge on any atom is 0.315 e. The fourth-order valence-corrected chi connectivity index (χ4v) is 5.81. The van der Waals surface area contributed by atoms with Gasteiger partial charge in [0.1, 0.15) is 26.8 Å². The zero-order valence-electron chi connectivity index (χ0n) is 15.1. The van der Waals surface area contributed by atoms with Gasteiger partial charge in [0.15, 0.2) is 11.4 Å². The number of carbonyl (C=O) groups excluding carboxylic acids is 1. The fraction of sp³-hybridized carbons (Fsp3) is 0.611. The van der Waals surface area contributed by atoms with Crippen molar-refractivity contribution >= 4 is 51.3 Å². The summed E-state index contributed by atoms with van der Waals surface area (Å²) in [5, 5.41) is 0.564. The average molecular weight is 504 g/mol. The van der Waals surface area contributed by atoms with Crippen LogP contribution in [0.2, 0.25) is 5.02 Å². The number of ether oxygens (including phenoxy) is 3. The van der Waals surface area contributed by atoms with Gasteiger partial charge >= 0.3 is 5.97 Å². The first-order valence-electron chi connectivity index (χ1n) is 9.00. The Morgan fingerprint density at radius 1 is 1.48 bits per heavy atom. The third-order valence-electron chi connectivity index (χ3n) is 5.87. The molecule has 3 fully saturated rings. The molecule has 0 amide bonds. The summed E-state index contributed by atoms with van der Waals surface area (Å²) in [5.74, 6) is -0.881. The Hall–Kier alpha value is -0.970. The first-order valence-corrected chi connectivity index (χ1v) is 10.5. The van der Waals surface area contributed by atoms with E-state index in [1.54, 1.807) is 12.4 Å². The Balaban J connectivity index is 1.63. The van der Waals surface area contributed by atoms with Gasteiger partial charge in [0.05, 0.1) is 24.0 Å². The highest BCUT2D eigenvalue weighted by Crippen LogP contribution is 2.72. The minimum absolute atomic E-state index is 0.0680. The van der Waals surface area contributed by atoms with E-state index in [-0.39, 0.29) is 30.1 Å². The topological polar surface area (TPSA) is 75.5 Å². The summed E-state index contributed by atoms with van der Waals surface area (Å²) in [7, 11) is 0. The van der Waals surface area contributed by atoms with Crippen LogP contribution in [0.3, 0.4) is 0 Å². The molecule has 0 N–H and O–H groups in total. The molecule has 0 aromatic carbocycles. The second-order valence-corrected chi connectivity index (χ2v) is 9.35. The van der Waals surface area contributed by atoms with Crippen molar-refractivity contribution < 1.29 is 19.0 Å². The summed E-state index contributed by atoms with van der Waals surface area (Å²) in [5.41, 5.74) is 0.707. The third kappa shape index (κ3) is 2.42. The Morgan fingerprint density at radius 2 is 2.26 bits per heavy atom. The van der Waals surface area contributed by atoms with Gasteiger partial charge in [0, 0.05) is 5.92 Å². The quantitative estimate of drug-likeness (QED) is 0.363. The predicted octanol–water partition coefficient (Wildman–Crippen LogP) is 3.33. The van der Waals surface area contributed by atoms with E-state index in [9.17, 15) is 4.79 Å². The number of rotatable bonds is 3. The number of nitrogens with zero attached hydrogens (tertiary/aromatic N) is 3. The second kappa shape index (κ2) is 5.77. The number of hydrogen-bond acceptors (Lipinski definition) is 6. The van der Waals surface area contributed by atoms with Crippen LogP contribution in [-0.2, 0) is 19.0 Å². The molecule has 5 atom stereocenters. The largest absolute Gasteiger partial charge is 0.465 e. The molecule has 3 aliphatic rings. The maximum atomic E-state index is 12.8. The number of esters is 1. The van der Waals surface area contributed by atoms with Gasteiger partial charge in [0.25, 0.3) is 0 Å². The summed E-state index contributed by atoms with van der Waals surface area (Å²) >= 11 is 8.49. The van der Waals surface area contributed by atoms with Gasteiger partial charge in [-0.3, -0.25) is 4.79 Å². The van der Waals surface area contributed by atoms with Gasteiger partial charge in [-0.15, -0.1) is 0 Å². The molecule has 2 aliphatic carbocycles. The first kappa shape index (κ1) is 18.1. The minimum atomic E-state index is -0.753. The standard InChI is InChI=1S/C18H19ClIN3O4/c1-4-25-16(24)18-6-8(18)12(13-14(18)27-17(2,3)26-13)23-7-21-11-9(19)5-10(20)22-15(11)23/h5,7-8,12-14H,4,6H2,1-3H3/t8?,12-,13?,14+,18-/m1/s1. The van der Waals surface area contributed by atoms with Crippen molar-refractivity contribution in [1.29, 1.82) is 0 Å². The lowest BCUT2D eigenvalue weighted by Crippen LogP contribution is -2.36. The number of pyridine rings is 1. The van der Waals surface area contributed by atoms with Crippen molar-refractivity contribution in [2.75, 3.05) is 6.61 Å². The molecule has 2 aromatic rings. The van der Waals surface area contributed by atoms with Crippen LogP contribution in [0.4, 0.5) is 0 Å². The van der Waals surface area contributed by atoms with Crippen LogP contribution < -0.4 is 0 Å². The Bertz CT molecular complexity index is 963. The van der Waals surface area contributed by atoms with E-state index >= 15 is 0 Å². The van der Waals surface area contributed by atoms with Crippen LogP contribution in [0.5, 0.6) is 0 Å². The van der Waals surface area contributed by atoms with Crippen molar-refractivity contribution in [3.63, 3.8) is 0 Å². The number of fused-ring (bicyclic) bond motifs is 4. The summed E-state index contributed by atoms with van der Waals surface area (Å²) < 4.78 is 20.6. The minimum Gasteiger partial charge on any atom is -0.465 e. The average Bonchev–Trinajstić information content (AvgIpc) is 2.90. The van der Waals surface area contributed by atoms with Crippen LogP contribution in [-0.4, -0.2) is 45.1 Å². The SMILES string of the molecule is CCOC(=O)[C@]12CC1[C@@H](n1cnc3c(Cl)cc(I)nc31)C1OC(C)(C)O[C@@H]12. The van der Waals surface area contributed by atoms with Crippen LogP contribution in [0, 0.1) is 15.0 Å². The molecule has 1 aliphatic heterocycles. The Morgan fingerprint density at radius 3 is 3.00 bits per heavy atom. The highest BCUT2D eigenvalue weighted by Gasteiger charge is 2.80. The number of imidazole rings is 1. The van der Waals surface area contributed by atoms with Crippen LogP contribution in [0.1, 0.15) is 33.2 Å². The molecule has 0 spiro atoms. The smallest absolute Gasteiger partial charge is 0.315 e. The molecule has 144 valence electrons. The van der Waals surface area contributed by atoms with Crippen molar-refractivity contribution in [2.45, 2.75) is 51.2 Å². The van der Waals surface area contributed by atoms with Crippen LogP contribution in [0.15, 0.2) is 12.4 Å². The van der Waals surface area contributed by atoms with E-state index in [0.29, 0.717) is 29.2 Å². The van der Waals surface area contributed by atoms with Gasteiger partial charge in [0.2, 0.25) is 0 Å². The monoisotopic (exact) mass is 503 g/mol. The molecular formula is C18H19ClIN3O4. The third-order valence-corrected chi connectivity index (χ3v) is 6.71. The van der Waals surface area contributed by atoms with E-state index in [4.69, 9.17) is 25.8 Å². The molecule has 1 saturated heterocycles. The predicted molar refractivity (Wildman–Crippen MR) is 105 cm³/mol. The number of aromatic nitrogens is 3. The molecule has 2 unspecified atom stereocenters. The molecular weight excluding hydrogens is 485 g/mol. The lowest BCUT2D eigenvalue weighted by atomic mass is 9.99. The maximum absolute atomic E-state index is 12.8. The van der Waals surface area contributed by atoms with Crippen molar-refractivity contribution in [2.24, 2.45) is 11.3 Å². The van der Waals surface area contributed by atoms with Crippen molar-refractivity contribution in [3.8, 4) is 0 Å². The summed E-state index contributed by atoms with van der Waals surface area (Å²) in [6.07, 6.45) is 1.86. The highest BCUT2D eigenvalue weighted by atomic mass is 127. The van der Waals surface area contributed by atoms with Gasteiger partial charge < -0.3 is 18.8 Å². The summed E-state index contributed by atoms with van der Waals surface area (Å²) in [6, 6.07) is 1.69. The molecule has 0 bridgehead atoms. The molecule has 5 rings (SSSR count). The van der Waals surface area contributed by atoms with Gasteiger partial charge in [-0.1, -0.05) is 11.6 Å². The second-order valence-electron chi connectivity index (χ2n) is 7.83. The summed E-state index contributed by atoms with van der Waals surface area (Å²) in [4.78, 5) is 21.9. The Labute approximate surface area is 174 Å². The zero-order chi connectivity index (χ0) is 19.1. The Kier molecular flexibility index (Phi) is 3.87. The van der Waals surface area contributed by atoms with E-state index in [1.807, 2.05) is 25.3 Å². The molecule has 0 radical (unpaired) electrons. The van der Waals surface area contributed by atoms with Gasteiger partial charge in [-0.2, -0.15) is 0 Å². The van der Waals surface area contributed by atoms with Crippen molar-refractivity contribution in [3.05, 3.63) is 21.1 Å². The van der Waals surface area contributed by atoms with E-state index in [1.165, 1.54) is 0 Å². The summed E-state index contributed by atoms with van der Waals surface area (Å²) in [6.45, 7) is 5.93. The van der Waals surface area contributed by atoms with E-state index in [2.05, 4.69) is 32.6 Å². The first-order chi connectivity index (χ1) is 12.8. The molecule has 7 nitrogen and oxygen atoms in total. The van der Waals surface area contributed by atoms with Gasteiger partial charge in [-0.25, -0.2) is 9.97 Å². The lowest BCUT2D eigenvalue weighted by molar-refractivity contribution is -0.172. The van der Waals surface area contributed by atoms with Crippen molar-refractivity contribution in [1.82, 2.24) is 14.5 Å². The van der Waals surface area contributed by atoms with Crippen LogP contribution >= 0.6 is 34.2 Å². The van der Waals surface area contributed by atoms with Crippen LogP contribution in [0.25, 0.3) is 11.2 Å². The fourth-order valence-electron chi connectivity index (χ4n) is 4.85. The van der Waals surface area contributed by atoms with E-state index in [0.717, 1.165) is 3.70 Å². The molecule has 3 heterocycles. The highest BCUT2D eigenvalue weighted by molar-refractivity contribution is 14.1. The number of halogens is 2. The van der Waals surface area contributed by atoms with E-state index < -0.39 is 11.2 Å². The normalized spacial score (nSPS) is 35.9. The molecule has 2 aromatic heterocycles. The zero-order valence-corrected chi connectivity index (χ0v) is 18.0. The number of carbonyl (C=O) groups is 1. The van der Waals surface area contributed by atoms with Gasteiger partial charge in [-0.05, 0) is 55.8 Å². The molecule has 2 saturated carbocycles. The number of hydrogen-bond donors (Lipinski definition) is 0. The lowest BCUT2D eigenvalue weighted by Gasteiger charge is -2.24. The molecule has 27 heavy (non-hydrogen) atoms.